The van der Waals surface area contributed by atoms with Crippen LogP contribution in [0.5, 0.6) is 11.5 Å². The number of halogens is 4. The number of amides is 2. The standard InChI is InChI=1S/C32H27F4N5O5/c1-30(29(37)43)16-45-27-22(30)13-25(41-26(27)17-2-5-19(33)6-3-17)31(44,32(34,35)36)15-40-28(42)18-4-9-24(46-20-7-8-20)21(12-18)23-14-38-10-11-39-23/h2-6,9-14,20,44H,7-8,15-16H2,1H3,(H2,37,43)(H,40,42)/t30-,31?/m0/s1. The van der Waals surface area contributed by atoms with Crippen LogP contribution in [0.2, 0.25) is 0 Å². The van der Waals surface area contributed by atoms with Gasteiger partial charge >= 0.3 is 6.18 Å². The van der Waals surface area contributed by atoms with Gasteiger partial charge in [0.05, 0.1) is 30.2 Å². The molecular weight excluding hydrogens is 610 g/mol. The van der Waals surface area contributed by atoms with Crippen molar-refractivity contribution >= 4 is 11.8 Å². The molecule has 46 heavy (non-hydrogen) atoms. The van der Waals surface area contributed by atoms with Gasteiger partial charge in [0, 0.05) is 34.6 Å². The van der Waals surface area contributed by atoms with Crippen LogP contribution >= 0.6 is 0 Å². The van der Waals surface area contributed by atoms with E-state index in [9.17, 15) is 32.3 Å². The Bertz CT molecular complexity index is 1820. The zero-order valence-electron chi connectivity index (χ0n) is 24.3. The third-order valence-electron chi connectivity index (χ3n) is 8.03. The molecule has 1 aliphatic heterocycles. The molecule has 1 aliphatic carbocycles. The summed E-state index contributed by atoms with van der Waals surface area (Å²) in [4.78, 5) is 38.1. The molecule has 2 aromatic heterocycles. The number of fused-ring (bicyclic) bond motifs is 1. The SMILES string of the molecule is C[C@]1(C(N)=O)COc2c1cc(C(O)(CNC(=O)c1ccc(OC3CC3)c(-c3cnccn3)c1)C(F)(F)F)nc2-c1ccc(F)cc1. The fraction of sp³-hybridized carbons (Fsp3) is 0.281. The van der Waals surface area contributed by atoms with Gasteiger partial charge in [-0.05, 0) is 68.3 Å². The predicted molar refractivity (Wildman–Crippen MR) is 155 cm³/mol. The van der Waals surface area contributed by atoms with E-state index in [2.05, 4.69) is 20.3 Å². The minimum atomic E-state index is -5.36. The lowest BCUT2D eigenvalue weighted by Gasteiger charge is -2.31. The number of hydrogen-bond acceptors (Lipinski definition) is 8. The van der Waals surface area contributed by atoms with Gasteiger partial charge in [0.1, 0.15) is 35.0 Å². The molecule has 1 saturated carbocycles. The van der Waals surface area contributed by atoms with Gasteiger partial charge in [-0.2, -0.15) is 13.2 Å². The number of rotatable bonds is 9. The number of nitrogens with zero attached hydrogens (tertiary/aromatic N) is 3. The number of aliphatic hydroxyl groups is 1. The minimum absolute atomic E-state index is 0.0123. The van der Waals surface area contributed by atoms with Crippen molar-refractivity contribution in [2.45, 2.75) is 43.1 Å². The van der Waals surface area contributed by atoms with E-state index in [-0.39, 0.29) is 40.8 Å². The largest absolute Gasteiger partial charge is 0.490 e. The van der Waals surface area contributed by atoms with Crippen LogP contribution in [0.1, 0.15) is 41.4 Å². The van der Waals surface area contributed by atoms with Gasteiger partial charge in [0.2, 0.25) is 11.5 Å². The number of primary amides is 1. The second-order valence-corrected chi connectivity index (χ2v) is 11.4. The third kappa shape index (κ3) is 5.60. The summed E-state index contributed by atoms with van der Waals surface area (Å²) in [6, 6.07) is 9.91. The average molecular weight is 638 g/mol. The topological polar surface area (TPSA) is 150 Å². The summed E-state index contributed by atoms with van der Waals surface area (Å²) in [7, 11) is 0. The number of carbonyl (C=O) groups excluding carboxylic acids is 2. The van der Waals surface area contributed by atoms with Crippen molar-refractivity contribution in [1.29, 1.82) is 0 Å². The molecule has 1 fully saturated rings. The highest BCUT2D eigenvalue weighted by Crippen LogP contribution is 2.47. The third-order valence-corrected chi connectivity index (χ3v) is 8.03. The Labute approximate surface area is 259 Å². The van der Waals surface area contributed by atoms with E-state index in [0.29, 0.717) is 17.0 Å². The van der Waals surface area contributed by atoms with E-state index in [1.807, 2.05) is 0 Å². The van der Waals surface area contributed by atoms with Gasteiger partial charge < -0.3 is 25.6 Å². The van der Waals surface area contributed by atoms with Gasteiger partial charge in [0.15, 0.2) is 0 Å². The Balaban J connectivity index is 1.38. The quantitative estimate of drug-likeness (QED) is 0.231. The number of nitrogens with two attached hydrogens (primary N) is 1. The highest BCUT2D eigenvalue weighted by molar-refractivity contribution is 5.96. The van der Waals surface area contributed by atoms with Crippen molar-refractivity contribution in [2.24, 2.45) is 5.73 Å². The van der Waals surface area contributed by atoms with E-state index in [0.717, 1.165) is 31.0 Å². The molecule has 238 valence electrons. The first kappa shape index (κ1) is 30.9. The maximum atomic E-state index is 14.8. The molecule has 0 radical (unpaired) electrons. The van der Waals surface area contributed by atoms with E-state index in [1.165, 1.54) is 55.8 Å². The Morgan fingerprint density at radius 2 is 1.87 bits per heavy atom. The number of benzene rings is 2. The maximum absolute atomic E-state index is 14.8. The molecule has 0 spiro atoms. The molecule has 2 atom stereocenters. The molecule has 4 N–H and O–H groups in total. The van der Waals surface area contributed by atoms with Crippen LogP contribution in [-0.2, 0) is 15.8 Å². The summed E-state index contributed by atoms with van der Waals surface area (Å²) >= 11 is 0. The molecule has 1 unspecified atom stereocenters. The molecule has 4 aromatic rings. The van der Waals surface area contributed by atoms with E-state index in [4.69, 9.17) is 15.2 Å². The number of aromatic nitrogens is 3. The number of hydrogen-bond donors (Lipinski definition) is 3. The monoisotopic (exact) mass is 637 g/mol. The van der Waals surface area contributed by atoms with E-state index >= 15 is 0 Å². The van der Waals surface area contributed by atoms with Crippen LogP contribution in [-0.4, -0.2) is 57.3 Å². The fourth-order valence-electron chi connectivity index (χ4n) is 5.03. The first-order valence-electron chi connectivity index (χ1n) is 14.2. The molecular formula is C32H27F4N5O5. The smallest absolute Gasteiger partial charge is 0.424 e. The van der Waals surface area contributed by atoms with Gasteiger partial charge in [-0.15, -0.1) is 0 Å². The summed E-state index contributed by atoms with van der Waals surface area (Å²) in [5, 5.41) is 13.5. The van der Waals surface area contributed by atoms with Crippen LogP contribution in [0.4, 0.5) is 17.6 Å². The molecule has 3 heterocycles. The predicted octanol–water partition coefficient (Wildman–Crippen LogP) is 4.20. The summed E-state index contributed by atoms with van der Waals surface area (Å²) in [5.41, 5.74) is 0.0789. The summed E-state index contributed by atoms with van der Waals surface area (Å²) in [5.74, 6) is -2.03. The molecule has 0 saturated heterocycles. The molecule has 2 amide bonds. The second kappa shape index (κ2) is 11.4. The highest BCUT2D eigenvalue weighted by atomic mass is 19.4. The van der Waals surface area contributed by atoms with Crippen LogP contribution < -0.4 is 20.5 Å². The lowest BCUT2D eigenvalue weighted by Crippen LogP contribution is -2.51. The van der Waals surface area contributed by atoms with Gasteiger partial charge in [0.25, 0.3) is 5.91 Å². The Kier molecular flexibility index (Phi) is 7.63. The first-order valence-corrected chi connectivity index (χ1v) is 14.2. The molecule has 0 bridgehead atoms. The molecule has 14 heteroatoms. The van der Waals surface area contributed by atoms with Crippen molar-refractivity contribution in [3.63, 3.8) is 0 Å². The number of carbonyl (C=O) groups is 2. The minimum Gasteiger partial charge on any atom is -0.490 e. The first-order chi connectivity index (χ1) is 21.8. The van der Waals surface area contributed by atoms with Crippen molar-refractivity contribution in [3.8, 4) is 34.0 Å². The van der Waals surface area contributed by atoms with Crippen LogP contribution in [0, 0.1) is 5.82 Å². The summed E-state index contributed by atoms with van der Waals surface area (Å²) in [6.45, 7) is -0.259. The Morgan fingerprint density at radius 1 is 1.13 bits per heavy atom. The highest BCUT2D eigenvalue weighted by Gasteiger charge is 2.57. The Morgan fingerprint density at radius 3 is 2.50 bits per heavy atom. The zero-order chi connectivity index (χ0) is 32.9. The molecule has 6 rings (SSSR count). The van der Waals surface area contributed by atoms with Crippen molar-refractivity contribution in [2.75, 3.05) is 13.2 Å². The molecule has 2 aromatic carbocycles. The molecule has 2 aliphatic rings. The van der Waals surface area contributed by atoms with Crippen molar-refractivity contribution in [3.05, 3.63) is 89.8 Å². The van der Waals surface area contributed by atoms with Crippen LogP contribution in [0.3, 0.4) is 0 Å². The lowest BCUT2D eigenvalue weighted by atomic mass is 9.81. The zero-order valence-corrected chi connectivity index (χ0v) is 24.3. The van der Waals surface area contributed by atoms with E-state index < -0.39 is 47.1 Å². The number of ether oxygens (including phenoxy) is 2. The van der Waals surface area contributed by atoms with E-state index in [1.54, 1.807) is 0 Å². The van der Waals surface area contributed by atoms with Crippen molar-refractivity contribution in [1.82, 2.24) is 20.3 Å². The van der Waals surface area contributed by atoms with Gasteiger partial charge in [-0.1, -0.05) is 0 Å². The average Bonchev–Trinajstić information content (AvgIpc) is 3.79. The van der Waals surface area contributed by atoms with Crippen LogP contribution in [0.15, 0.2) is 67.1 Å². The van der Waals surface area contributed by atoms with Crippen molar-refractivity contribution < 1.29 is 41.7 Å². The van der Waals surface area contributed by atoms with Gasteiger partial charge in [-0.25, -0.2) is 9.37 Å². The summed E-state index contributed by atoms with van der Waals surface area (Å²) < 4.78 is 69.6. The second-order valence-electron chi connectivity index (χ2n) is 11.4. The number of pyridine rings is 1. The van der Waals surface area contributed by atoms with Gasteiger partial charge in [-0.3, -0.25) is 19.6 Å². The number of alkyl halides is 3. The maximum Gasteiger partial charge on any atom is 0.424 e. The lowest BCUT2D eigenvalue weighted by molar-refractivity contribution is -0.265. The summed E-state index contributed by atoms with van der Waals surface area (Å²) in [6.07, 6.45) is 0.748. The number of nitrogens with one attached hydrogen (secondary N) is 1. The normalized spacial score (nSPS) is 18.7. The molecule has 10 nitrogen and oxygen atoms in total. The van der Waals surface area contributed by atoms with Crippen LogP contribution in [0.25, 0.3) is 22.5 Å². The fourth-order valence-corrected chi connectivity index (χ4v) is 5.03. The Hall–Kier alpha value is -5.11.